The predicted molar refractivity (Wildman–Crippen MR) is 86.5 cm³/mol. The summed E-state index contributed by atoms with van der Waals surface area (Å²) in [5, 5.41) is 17.0. The summed E-state index contributed by atoms with van der Waals surface area (Å²) in [6, 6.07) is 14.0. The Morgan fingerprint density at radius 1 is 1.29 bits per heavy atom. The molecule has 0 spiro atoms. The average Bonchev–Trinajstić information content (AvgIpc) is 3.13. The number of furan rings is 1. The van der Waals surface area contributed by atoms with Crippen molar-refractivity contribution in [1.82, 2.24) is 5.32 Å². The molecule has 21 heavy (non-hydrogen) atoms. The van der Waals surface area contributed by atoms with Crippen LogP contribution in [0.5, 0.6) is 0 Å². The van der Waals surface area contributed by atoms with E-state index in [1.807, 2.05) is 61.7 Å². The smallest absolute Gasteiger partial charge is 0.134 e. The Morgan fingerprint density at radius 2 is 2.10 bits per heavy atom. The van der Waals surface area contributed by atoms with Crippen LogP contribution in [0.2, 0.25) is 0 Å². The van der Waals surface area contributed by atoms with Gasteiger partial charge in [0.15, 0.2) is 0 Å². The maximum Gasteiger partial charge on any atom is 0.134 e. The maximum atomic E-state index is 10.5. The summed E-state index contributed by atoms with van der Waals surface area (Å²) in [7, 11) is 0. The number of nitrogens with one attached hydrogen (secondary N) is 1. The molecule has 2 atom stereocenters. The molecule has 0 fully saturated rings. The first-order chi connectivity index (χ1) is 10.1. The standard InChI is InChI=1S/C17H19NO2S/c1-12(15-10-13-6-3-4-7-14(13)20-15)18-11-17(2,19)16-8-5-9-21-16/h3-10,12,18-19H,11H2,1-2H3/t12-,17+/m0/s1. The Kier molecular flexibility index (Phi) is 3.85. The van der Waals surface area contributed by atoms with Crippen LogP contribution in [0.4, 0.5) is 0 Å². The van der Waals surface area contributed by atoms with Gasteiger partial charge in [-0.25, -0.2) is 0 Å². The third-order valence-electron chi connectivity index (χ3n) is 3.68. The highest BCUT2D eigenvalue weighted by molar-refractivity contribution is 7.10. The SMILES string of the molecule is C[C@H](NC[C@@](C)(O)c1cccs1)c1cc2ccccc2o1. The number of hydrogen-bond donors (Lipinski definition) is 2. The summed E-state index contributed by atoms with van der Waals surface area (Å²) in [6.07, 6.45) is 0. The predicted octanol–water partition coefficient (Wildman–Crippen LogP) is 4.05. The van der Waals surface area contributed by atoms with E-state index in [9.17, 15) is 5.11 Å². The molecule has 3 rings (SSSR count). The van der Waals surface area contributed by atoms with Crippen LogP contribution in [0.3, 0.4) is 0 Å². The van der Waals surface area contributed by atoms with E-state index < -0.39 is 5.60 Å². The maximum absolute atomic E-state index is 10.5. The van der Waals surface area contributed by atoms with Crippen molar-refractivity contribution < 1.29 is 9.52 Å². The highest BCUT2D eigenvalue weighted by Crippen LogP contribution is 2.27. The highest BCUT2D eigenvalue weighted by atomic mass is 32.1. The normalized spacial score (nSPS) is 16.0. The molecule has 110 valence electrons. The van der Waals surface area contributed by atoms with Crippen LogP contribution < -0.4 is 5.32 Å². The van der Waals surface area contributed by atoms with E-state index >= 15 is 0 Å². The number of benzene rings is 1. The molecule has 2 N–H and O–H groups in total. The lowest BCUT2D eigenvalue weighted by molar-refractivity contribution is 0.0574. The molecular formula is C17H19NO2S. The van der Waals surface area contributed by atoms with E-state index in [1.165, 1.54) is 0 Å². The average molecular weight is 301 g/mol. The van der Waals surface area contributed by atoms with E-state index in [-0.39, 0.29) is 6.04 Å². The third kappa shape index (κ3) is 3.02. The van der Waals surface area contributed by atoms with Crippen LogP contribution in [-0.4, -0.2) is 11.7 Å². The van der Waals surface area contributed by atoms with Crippen LogP contribution in [0, 0.1) is 0 Å². The van der Waals surface area contributed by atoms with E-state index in [0.717, 1.165) is 21.6 Å². The van der Waals surface area contributed by atoms with Crippen molar-refractivity contribution in [2.24, 2.45) is 0 Å². The number of aliphatic hydroxyl groups is 1. The van der Waals surface area contributed by atoms with Crippen LogP contribution in [0.15, 0.2) is 52.3 Å². The minimum absolute atomic E-state index is 0.0452. The molecule has 0 bridgehead atoms. The van der Waals surface area contributed by atoms with Gasteiger partial charge in [-0.15, -0.1) is 11.3 Å². The first-order valence-corrected chi connectivity index (χ1v) is 7.92. The van der Waals surface area contributed by atoms with Gasteiger partial charge in [-0.05, 0) is 37.4 Å². The molecule has 2 aromatic heterocycles. The summed E-state index contributed by atoms with van der Waals surface area (Å²) >= 11 is 1.57. The second-order valence-corrected chi connectivity index (χ2v) is 6.49. The molecule has 0 saturated heterocycles. The molecule has 0 radical (unpaired) electrons. The van der Waals surface area contributed by atoms with Crippen LogP contribution in [0.25, 0.3) is 11.0 Å². The van der Waals surface area contributed by atoms with E-state index in [4.69, 9.17) is 4.42 Å². The fourth-order valence-electron chi connectivity index (χ4n) is 2.34. The Balaban J connectivity index is 1.70. The molecule has 1 aromatic carbocycles. The van der Waals surface area contributed by atoms with Crippen LogP contribution in [0.1, 0.15) is 30.5 Å². The summed E-state index contributed by atoms with van der Waals surface area (Å²) < 4.78 is 5.84. The highest BCUT2D eigenvalue weighted by Gasteiger charge is 2.25. The Labute approximate surface area is 128 Å². The first-order valence-electron chi connectivity index (χ1n) is 7.04. The van der Waals surface area contributed by atoms with Crippen molar-refractivity contribution in [1.29, 1.82) is 0 Å². The zero-order chi connectivity index (χ0) is 14.9. The second-order valence-electron chi connectivity index (χ2n) is 5.54. The lowest BCUT2D eigenvalue weighted by Crippen LogP contribution is -2.35. The minimum Gasteiger partial charge on any atom is -0.459 e. The van der Waals surface area contributed by atoms with E-state index in [0.29, 0.717) is 6.54 Å². The molecule has 2 heterocycles. The van der Waals surface area contributed by atoms with E-state index in [2.05, 4.69) is 5.32 Å². The number of rotatable bonds is 5. The Hall–Kier alpha value is -1.62. The molecule has 3 nitrogen and oxygen atoms in total. The van der Waals surface area contributed by atoms with Crippen molar-refractivity contribution in [2.45, 2.75) is 25.5 Å². The van der Waals surface area contributed by atoms with Gasteiger partial charge < -0.3 is 14.8 Å². The monoisotopic (exact) mass is 301 g/mol. The zero-order valence-corrected chi connectivity index (χ0v) is 13.0. The Morgan fingerprint density at radius 3 is 2.81 bits per heavy atom. The van der Waals surface area contributed by atoms with Gasteiger partial charge >= 0.3 is 0 Å². The van der Waals surface area contributed by atoms with Crippen LogP contribution in [-0.2, 0) is 5.60 Å². The largest absolute Gasteiger partial charge is 0.459 e. The van der Waals surface area contributed by atoms with Crippen molar-refractivity contribution in [3.8, 4) is 0 Å². The Bertz CT molecular complexity index is 682. The molecular weight excluding hydrogens is 282 g/mol. The van der Waals surface area contributed by atoms with Gasteiger partial charge in [0.1, 0.15) is 16.9 Å². The van der Waals surface area contributed by atoms with Crippen molar-refractivity contribution in [3.05, 3.63) is 58.5 Å². The fraction of sp³-hybridized carbons (Fsp3) is 0.294. The quantitative estimate of drug-likeness (QED) is 0.747. The van der Waals surface area contributed by atoms with Gasteiger partial charge in [0.25, 0.3) is 0 Å². The first kappa shape index (κ1) is 14.3. The molecule has 0 unspecified atom stereocenters. The van der Waals surface area contributed by atoms with Crippen molar-refractivity contribution >= 4 is 22.3 Å². The van der Waals surface area contributed by atoms with Gasteiger partial charge in [-0.2, -0.15) is 0 Å². The molecule has 0 amide bonds. The molecule has 4 heteroatoms. The number of fused-ring (bicyclic) bond motifs is 1. The number of para-hydroxylation sites is 1. The zero-order valence-electron chi connectivity index (χ0n) is 12.2. The van der Waals surface area contributed by atoms with Gasteiger partial charge in [0, 0.05) is 16.8 Å². The number of thiophene rings is 1. The minimum atomic E-state index is -0.867. The topological polar surface area (TPSA) is 45.4 Å². The molecule has 3 aromatic rings. The second kappa shape index (κ2) is 5.64. The molecule has 0 saturated carbocycles. The summed E-state index contributed by atoms with van der Waals surface area (Å²) in [4.78, 5) is 0.965. The van der Waals surface area contributed by atoms with Crippen molar-refractivity contribution in [2.75, 3.05) is 6.54 Å². The summed E-state index contributed by atoms with van der Waals surface area (Å²) in [6.45, 7) is 4.35. The van der Waals surface area contributed by atoms with Gasteiger partial charge in [-0.3, -0.25) is 0 Å². The number of hydrogen-bond acceptors (Lipinski definition) is 4. The fourth-order valence-corrected chi connectivity index (χ4v) is 3.13. The van der Waals surface area contributed by atoms with Gasteiger partial charge in [0.05, 0.1) is 6.04 Å². The molecule has 0 aliphatic rings. The summed E-state index contributed by atoms with van der Waals surface area (Å²) in [5.74, 6) is 0.887. The lowest BCUT2D eigenvalue weighted by atomic mass is 10.0. The summed E-state index contributed by atoms with van der Waals surface area (Å²) in [5.41, 5.74) is 0.0280. The molecule has 0 aliphatic heterocycles. The van der Waals surface area contributed by atoms with Gasteiger partial charge in [0.2, 0.25) is 0 Å². The van der Waals surface area contributed by atoms with E-state index in [1.54, 1.807) is 11.3 Å². The van der Waals surface area contributed by atoms with Gasteiger partial charge in [-0.1, -0.05) is 24.3 Å². The van der Waals surface area contributed by atoms with Crippen molar-refractivity contribution in [3.63, 3.8) is 0 Å². The lowest BCUT2D eigenvalue weighted by Gasteiger charge is -2.24. The molecule has 0 aliphatic carbocycles. The van der Waals surface area contributed by atoms with Crippen LogP contribution >= 0.6 is 11.3 Å². The third-order valence-corrected chi connectivity index (χ3v) is 4.80.